The fourth-order valence-electron chi connectivity index (χ4n) is 1.98. The zero-order valence-corrected chi connectivity index (χ0v) is 11.2. The third-order valence-corrected chi connectivity index (χ3v) is 3.24. The predicted molar refractivity (Wildman–Crippen MR) is 77.5 cm³/mol. The third kappa shape index (κ3) is 2.47. The number of nitrogens with zero attached hydrogens (tertiary/aromatic N) is 1. The van der Waals surface area contributed by atoms with Crippen LogP contribution in [0.4, 0.5) is 0 Å². The summed E-state index contributed by atoms with van der Waals surface area (Å²) in [6, 6.07) is 15.0. The van der Waals surface area contributed by atoms with Gasteiger partial charge in [0.15, 0.2) is 11.5 Å². The van der Waals surface area contributed by atoms with Crippen LogP contribution in [0.25, 0.3) is 11.6 Å². The molecular weight excluding hydrogens is 274 g/mol. The van der Waals surface area contributed by atoms with E-state index in [1.165, 1.54) is 0 Å². The Morgan fingerprint density at radius 3 is 2.60 bits per heavy atom. The summed E-state index contributed by atoms with van der Waals surface area (Å²) in [5, 5.41) is 9.94. The molecule has 1 heterocycles. The zero-order chi connectivity index (χ0) is 13.9. The lowest BCUT2D eigenvalue weighted by Gasteiger charge is -2.01. The lowest BCUT2D eigenvalue weighted by molar-refractivity contribution is 0.174. The zero-order valence-electron chi connectivity index (χ0n) is 10.5. The minimum Gasteiger partial charge on any atom is -0.454 e. The van der Waals surface area contributed by atoms with Crippen molar-refractivity contribution in [1.29, 1.82) is 5.26 Å². The summed E-state index contributed by atoms with van der Waals surface area (Å²) in [6.45, 7) is 0.241. The van der Waals surface area contributed by atoms with Gasteiger partial charge in [-0.2, -0.15) is 5.26 Å². The highest BCUT2D eigenvalue weighted by Gasteiger charge is 2.12. The van der Waals surface area contributed by atoms with E-state index in [0.29, 0.717) is 16.3 Å². The maximum atomic E-state index is 9.30. The maximum absolute atomic E-state index is 9.30. The number of hydrogen-bond donors (Lipinski definition) is 0. The molecule has 0 radical (unpaired) electrons. The summed E-state index contributed by atoms with van der Waals surface area (Å²) in [4.78, 5) is 0. The topological polar surface area (TPSA) is 42.2 Å². The highest BCUT2D eigenvalue weighted by molar-refractivity contribution is 6.30. The van der Waals surface area contributed by atoms with Crippen molar-refractivity contribution in [3.05, 3.63) is 58.6 Å². The van der Waals surface area contributed by atoms with Crippen molar-refractivity contribution in [2.45, 2.75) is 0 Å². The van der Waals surface area contributed by atoms with Crippen molar-refractivity contribution >= 4 is 23.3 Å². The maximum Gasteiger partial charge on any atom is 0.231 e. The molecule has 0 unspecified atom stereocenters. The molecule has 20 heavy (non-hydrogen) atoms. The molecule has 2 aromatic carbocycles. The highest BCUT2D eigenvalue weighted by Crippen LogP contribution is 2.33. The quantitative estimate of drug-likeness (QED) is 0.615. The Morgan fingerprint density at radius 1 is 1.10 bits per heavy atom. The first-order valence-corrected chi connectivity index (χ1v) is 6.41. The standard InChI is InChI=1S/C16H10ClNO2/c17-14-4-2-12(3-5-14)13(9-18)7-11-1-6-15-16(8-11)20-10-19-15/h1-8H,10H2/b13-7-. The molecule has 0 N–H and O–H groups in total. The molecule has 0 saturated carbocycles. The number of fused-ring (bicyclic) bond motifs is 1. The molecule has 1 aliphatic heterocycles. The van der Waals surface area contributed by atoms with Crippen LogP contribution in [0.5, 0.6) is 11.5 Å². The minimum absolute atomic E-state index is 0.241. The summed E-state index contributed by atoms with van der Waals surface area (Å²) in [5.74, 6) is 1.43. The Kier molecular flexibility index (Phi) is 3.32. The van der Waals surface area contributed by atoms with Gasteiger partial charge in [0.05, 0.1) is 11.6 Å². The Bertz CT molecular complexity index is 714. The summed E-state index contributed by atoms with van der Waals surface area (Å²) >= 11 is 5.85. The van der Waals surface area contributed by atoms with E-state index in [1.807, 2.05) is 36.4 Å². The van der Waals surface area contributed by atoms with E-state index in [2.05, 4.69) is 6.07 Å². The van der Waals surface area contributed by atoms with Crippen molar-refractivity contribution in [1.82, 2.24) is 0 Å². The molecular formula is C16H10ClNO2. The number of allylic oxidation sites excluding steroid dienone is 1. The fourth-order valence-corrected chi connectivity index (χ4v) is 2.11. The van der Waals surface area contributed by atoms with Gasteiger partial charge in [-0.1, -0.05) is 29.8 Å². The molecule has 2 aromatic rings. The molecule has 3 rings (SSSR count). The van der Waals surface area contributed by atoms with Gasteiger partial charge in [0.25, 0.3) is 0 Å². The predicted octanol–water partition coefficient (Wildman–Crippen LogP) is 4.13. The van der Waals surface area contributed by atoms with Gasteiger partial charge in [-0.15, -0.1) is 0 Å². The summed E-state index contributed by atoms with van der Waals surface area (Å²) in [7, 11) is 0. The number of benzene rings is 2. The second-order valence-corrected chi connectivity index (χ2v) is 4.73. The normalized spacial score (nSPS) is 13.1. The van der Waals surface area contributed by atoms with Gasteiger partial charge < -0.3 is 9.47 Å². The number of halogens is 1. The van der Waals surface area contributed by atoms with Gasteiger partial charge >= 0.3 is 0 Å². The molecule has 0 aromatic heterocycles. The first-order valence-electron chi connectivity index (χ1n) is 6.03. The van der Waals surface area contributed by atoms with Crippen LogP contribution in [0.3, 0.4) is 0 Å². The van der Waals surface area contributed by atoms with E-state index in [-0.39, 0.29) is 6.79 Å². The Labute approximate surface area is 121 Å². The molecule has 0 bridgehead atoms. The summed E-state index contributed by atoms with van der Waals surface area (Å²) in [6.07, 6.45) is 1.81. The first kappa shape index (κ1) is 12.6. The van der Waals surface area contributed by atoms with E-state index in [9.17, 15) is 5.26 Å². The van der Waals surface area contributed by atoms with Crippen LogP contribution in [0.15, 0.2) is 42.5 Å². The summed E-state index contributed by atoms with van der Waals surface area (Å²) in [5.41, 5.74) is 2.29. The second kappa shape index (κ2) is 5.28. The molecule has 0 aliphatic carbocycles. The number of rotatable bonds is 2. The lowest BCUT2D eigenvalue weighted by atomic mass is 10.0. The van der Waals surface area contributed by atoms with Gasteiger partial charge in [-0.05, 0) is 41.5 Å². The van der Waals surface area contributed by atoms with E-state index in [1.54, 1.807) is 12.1 Å². The Balaban J connectivity index is 1.97. The van der Waals surface area contributed by atoms with Crippen LogP contribution in [0.1, 0.15) is 11.1 Å². The van der Waals surface area contributed by atoms with Crippen LogP contribution in [-0.2, 0) is 0 Å². The highest BCUT2D eigenvalue weighted by atomic mass is 35.5. The molecule has 0 fully saturated rings. The van der Waals surface area contributed by atoms with Gasteiger partial charge in [-0.25, -0.2) is 0 Å². The van der Waals surface area contributed by atoms with Gasteiger partial charge in [0.1, 0.15) is 0 Å². The van der Waals surface area contributed by atoms with Gasteiger partial charge in [-0.3, -0.25) is 0 Å². The van der Waals surface area contributed by atoms with Crippen LogP contribution in [0.2, 0.25) is 5.02 Å². The smallest absolute Gasteiger partial charge is 0.231 e. The number of ether oxygens (including phenoxy) is 2. The van der Waals surface area contributed by atoms with Gasteiger partial charge in [0, 0.05) is 5.02 Å². The Hall–Kier alpha value is -2.44. The van der Waals surface area contributed by atoms with Crippen molar-refractivity contribution in [2.75, 3.05) is 6.79 Å². The van der Waals surface area contributed by atoms with Crippen molar-refractivity contribution in [2.24, 2.45) is 0 Å². The molecule has 0 amide bonds. The van der Waals surface area contributed by atoms with Gasteiger partial charge in [0.2, 0.25) is 6.79 Å². The first-order chi connectivity index (χ1) is 9.76. The molecule has 98 valence electrons. The van der Waals surface area contributed by atoms with Crippen molar-refractivity contribution in [3.63, 3.8) is 0 Å². The Morgan fingerprint density at radius 2 is 1.85 bits per heavy atom. The average molecular weight is 284 g/mol. The summed E-state index contributed by atoms with van der Waals surface area (Å²) < 4.78 is 10.6. The number of hydrogen-bond acceptors (Lipinski definition) is 3. The average Bonchev–Trinajstić information content (AvgIpc) is 2.93. The molecule has 0 atom stereocenters. The van der Waals surface area contributed by atoms with E-state index >= 15 is 0 Å². The molecule has 3 nitrogen and oxygen atoms in total. The van der Waals surface area contributed by atoms with Crippen LogP contribution < -0.4 is 9.47 Å². The third-order valence-electron chi connectivity index (χ3n) is 2.98. The number of nitriles is 1. The van der Waals surface area contributed by atoms with Crippen LogP contribution in [-0.4, -0.2) is 6.79 Å². The second-order valence-electron chi connectivity index (χ2n) is 4.29. The van der Waals surface area contributed by atoms with Crippen molar-refractivity contribution in [3.8, 4) is 17.6 Å². The lowest BCUT2D eigenvalue weighted by Crippen LogP contribution is -1.92. The van der Waals surface area contributed by atoms with E-state index in [4.69, 9.17) is 21.1 Å². The van der Waals surface area contributed by atoms with Crippen molar-refractivity contribution < 1.29 is 9.47 Å². The SMILES string of the molecule is N#C/C(=C/c1ccc2c(c1)OCO2)c1ccc(Cl)cc1. The minimum atomic E-state index is 0.241. The molecule has 1 aliphatic rings. The fraction of sp³-hybridized carbons (Fsp3) is 0.0625. The van der Waals surface area contributed by atoms with E-state index in [0.717, 1.165) is 16.9 Å². The molecule has 4 heteroatoms. The van der Waals surface area contributed by atoms with Crippen LogP contribution in [0, 0.1) is 11.3 Å². The largest absolute Gasteiger partial charge is 0.454 e. The molecule has 0 spiro atoms. The van der Waals surface area contributed by atoms with Crippen LogP contribution >= 0.6 is 11.6 Å². The molecule has 0 saturated heterocycles. The monoisotopic (exact) mass is 283 g/mol. The van der Waals surface area contributed by atoms with E-state index < -0.39 is 0 Å².